The quantitative estimate of drug-likeness (QED) is 0.717. The molecule has 0 heterocycles. The number of para-hydroxylation sites is 1. The van der Waals surface area contributed by atoms with Gasteiger partial charge in [0, 0.05) is 10.2 Å². The number of hydrogen-bond donors (Lipinski definition) is 1. The number of hydrogen-bond acceptors (Lipinski definition) is 3. The van der Waals surface area contributed by atoms with Crippen molar-refractivity contribution in [2.75, 3.05) is 5.32 Å². The smallest absolute Gasteiger partial charge is 0.340 e. The number of ether oxygens (including phenoxy) is 1. The highest BCUT2D eigenvalue weighted by Crippen LogP contribution is 2.24. The summed E-state index contributed by atoms with van der Waals surface area (Å²) in [6.07, 6.45) is -0.996. The number of carbonyl (C=O) groups is 2. The normalized spacial score (nSPS) is 11.9. The fraction of sp³-hybridized carbons (Fsp3) is 0.263. The van der Waals surface area contributed by atoms with Crippen molar-refractivity contribution >= 4 is 33.5 Å². The zero-order valence-corrected chi connectivity index (χ0v) is 15.8. The molecule has 0 aliphatic carbocycles. The lowest BCUT2D eigenvalue weighted by atomic mass is 10.0. The summed E-state index contributed by atoms with van der Waals surface area (Å²) in [5, 5.41) is 2.78. The Morgan fingerprint density at radius 1 is 1.12 bits per heavy atom. The van der Waals surface area contributed by atoms with E-state index >= 15 is 0 Å². The van der Waals surface area contributed by atoms with Crippen molar-refractivity contribution in [2.45, 2.75) is 32.8 Å². The molecule has 0 unspecified atom stereocenters. The van der Waals surface area contributed by atoms with Crippen LogP contribution in [-0.2, 0) is 9.53 Å². The Balaban J connectivity index is 2.07. The lowest BCUT2D eigenvalue weighted by Gasteiger charge is -2.17. The Morgan fingerprint density at radius 2 is 1.80 bits per heavy atom. The summed E-state index contributed by atoms with van der Waals surface area (Å²) in [7, 11) is 0. The van der Waals surface area contributed by atoms with E-state index in [1.54, 1.807) is 6.07 Å². The zero-order valence-electron chi connectivity index (χ0n) is 14.2. The van der Waals surface area contributed by atoms with Gasteiger partial charge in [-0.15, -0.1) is 0 Å². The molecular formula is C19H19BrFNO3. The number of esters is 1. The molecule has 2 aromatic carbocycles. The zero-order chi connectivity index (χ0) is 18.6. The summed E-state index contributed by atoms with van der Waals surface area (Å²) < 4.78 is 18.6. The molecule has 0 aliphatic rings. The van der Waals surface area contributed by atoms with Gasteiger partial charge in [0.2, 0.25) is 0 Å². The van der Waals surface area contributed by atoms with E-state index in [1.165, 1.54) is 19.1 Å². The number of nitrogens with one attached hydrogen (secondary N) is 1. The summed E-state index contributed by atoms with van der Waals surface area (Å²) in [5.74, 6) is -1.37. The first kappa shape index (κ1) is 19.1. The van der Waals surface area contributed by atoms with Crippen LogP contribution in [0.25, 0.3) is 0 Å². The second-order valence-corrected chi connectivity index (χ2v) is 6.76. The minimum absolute atomic E-state index is 0.156. The van der Waals surface area contributed by atoms with Gasteiger partial charge < -0.3 is 10.1 Å². The molecule has 0 aromatic heterocycles. The largest absolute Gasteiger partial charge is 0.449 e. The van der Waals surface area contributed by atoms with Gasteiger partial charge in [0.05, 0.1) is 5.56 Å². The van der Waals surface area contributed by atoms with Crippen LogP contribution in [0.1, 0.15) is 42.6 Å². The van der Waals surface area contributed by atoms with E-state index in [0.717, 1.165) is 11.6 Å². The fourth-order valence-corrected chi connectivity index (χ4v) is 2.79. The van der Waals surface area contributed by atoms with Crippen LogP contribution >= 0.6 is 15.9 Å². The summed E-state index contributed by atoms with van der Waals surface area (Å²) in [4.78, 5) is 24.5. The lowest BCUT2D eigenvalue weighted by Crippen LogP contribution is -2.30. The van der Waals surface area contributed by atoms with Gasteiger partial charge in [0.25, 0.3) is 5.91 Å². The van der Waals surface area contributed by atoms with Crippen LogP contribution in [0.3, 0.4) is 0 Å². The van der Waals surface area contributed by atoms with Crippen molar-refractivity contribution in [1.82, 2.24) is 0 Å². The molecule has 2 rings (SSSR count). The van der Waals surface area contributed by atoms with Gasteiger partial charge >= 0.3 is 5.97 Å². The van der Waals surface area contributed by atoms with Gasteiger partial charge in [-0.3, -0.25) is 4.79 Å². The standard InChI is InChI=1S/C19H19BrFNO3/c1-11(2)14-6-4-5-7-17(14)22-18(23)12(3)25-19(24)15-9-8-13(21)10-16(15)20/h4-12H,1-3H3,(H,22,23)/t12-/m1/s1. The van der Waals surface area contributed by atoms with E-state index in [1.807, 2.05) is 32.0 Å². The van der Waals surface area contributed by atoms with E-state index in [-0.39, 0.29) is 16.0 Å². The molecular weight excluding hydrogens is 389 g/mol. The summed E-state index contributed by atoms with van der Waals surface area (Å²) in [6, 6.07) is 11.1. The second kappa shape index (κ2) is 8.25. The summed E-state index contributed by atoms with van der Waals surface area (Å²) >= 11 is 3.11. The van der Waals surface area contributed by atoms with Gasteiger partial charge in [0.15, 0.2) is 6.10 Å². The molecule has 0 bridgehead atoms. The van der Waals surface area contributed by atoms with Crippen LogP contribution in [-0.4, -0.2) is 18.0 Å². The van der Waals surface area contributed by atoms with Gasteiger partial charge in [0.1, 0.15) is 5.82 Å². The van der Waals surface area contributed by atoms with Crippen LogP contribution in [0, 0.1) is 5.82 Å². The Kier molecular flexibility index (Phi) is 6.31. The van der Waals surface area contributed by atoms with Crippen molar-refractivity contribution < 1.29 is 18.7 Å². The molecule has 132 valence electrons. The molecule has 1 N–H and O–H groups in total. The van der Waals surface area contributed by atoms with Crippen molar-refractivity contribution in [3.63, 3.8) is 0 Å². The van der Waals surface area contributed by atoms with E-state index in [4.69, 9.17) is 4.74 Å². The first-order valence-electron chi connectivity index (χ1n) is 7.85. The lowest BCUT2D eigenvalue weighted by molar-refractivity contribution is -0.123. The van der Waals surface area contributed by atoms with Gasteiger partial charge in [-0.1, -0.05) is 32.0 Å². The van der Waals surface area contributed by atoms with E-state index in [9.17, 15) is 14.0 Å². The minimum Gasteiger partial charge on any atom is -0.449 e. The fourth-order valence-electron chi connectivity index (χ4n) is 2.28. The Hall–Kier alpha value is -2.21. The Bertz CT molecular complexity index is 792. The SMILES string of the molecule is CC(C)c1ccccc1NC(=O)[C@@H](C)OC(=O)c1ccc(F)cc1Br. The molecule has 0 fully saturated rings. The average molecular weight is 408 g/mol. The first-order chi connectivity index (χ1) is 11.8. The Labute approximate surface area is 154 Å². The number of anilines is 1. The maximum absolute atomic E-state index is 13.1. The number of rotatable bonds is 5. The summed E-state index contributed by atoms with van der Waals surface area (Å²) in [5.41, 5.74) is 1.84. The third-order valence-corrected chi connectivity index (χ3v) is 4.30. The maximum atomic E-state index is 13.1. The third kappa shape index (κ3) is 4.89. The van der Waals surface area contributed by atoms with Crippen LogP contribution in [0.5, 0.6) is 0 Å². The maximum Gasteiger partial charge on any atom is 0.340 e. The number of amides is 1. The molecule has 0 aliphatic heterocycles. The number of benzene rings is 2. The number of carbonyl (C=O) groups excluding carboxylic acids is 2. The summed E-state index contributed by atoms with van der Waals surface area (Å²) in [6.45, 7) is 5.55. The molecule has 1 amide bonds. The molecule has 6 heteroatoms. The highest BCUT2D eigenvalue weighted by molar-refractivity contribution is 9.10. The molecule has 0 spiro atoms. The van der Waals surface area contributed by atoms with Crippen LogP contribution in [0.4, 0.5) is 10.1 Å². The van der Waals surface area contributed by atoms with Crippen LogP contribution in [0.15, 0.2) is 46.9 Å². The van der Waals surface area contributed by atoms with Crippen molar-refractivity contribution in [1.29, 1.82) is 0 Å². The molecule has 2 aromatic rings. The van der Waals surface area contributed by atoms with E-state index in [0.29, 0.717) is 5.69 Å². The molecule has 0 radical (unpaired) electrons. The van der Waals surface area contributed by atoms with Gasteiger partial charge in [-0.25, -0.2) is 9.18 Å². The topological polar surface area (TPSA) is 55.4 Å². The monoisotopic (exact) mass is 407 g/mol. The van der Waals surface area contributed by atoms with Crippen molar-refractivity contribution in [3.05, 3.63) is 63.9 Å². The highest BCUT2D eigenvalue weighted by Gasteiger charge is 2.21. The minimum atomic E-state index is -0.996. The highest BCUT2D eigenvalue weighted by atomic mass is 79.9. The van der Waals surface area contributed by atoms with Crippen LogP contribution < -0.4 is 5.32 Å². The van der Waals surface area contributed by atoms with Crippen molar-refractivity contribution in [2.24, 2.45) is 0 Å². The molecule has 4 nitrogen and oxygen atoms in total. The predicted molar refractivity (Wildman–Crippen MR) is 98.1 cm³/mol. The van der Waals surface area contributed by atoms with Gasteiger partial charge in [-0.05, 0) is 58.6 Å². The number of halogens is 2. The first-order valence-corrected chi connectivity index (χ1v) is 8.64. The predicted octanol–water partition coefficient (Wildman–Crippen LogP) is 4.90. The Morgan fingerprint density at radius 3 is 2.44 bits per heavy atom. The third-order valence-electron chi connectivity index (χ3n) is 3.64. The molecule has 1 atom stereocenters. The van der Waals surface area contributed by atoms with Gasteiger partial charge in [-0.2, -0.15) is 0 Å². The molecule has 0 saturated carbocycles. The van der Waals surface area contributed by atoms with E-state index in [2.05, 4.69) is 21.2 Å². The van der Waals surface area contributed by atoms with Crippen molar-refractivity contribution in [3.8, 4) is 0 Å². The molecule has 0 saturated heterocycles. The second-order valence-electron chi connectivity index (χ2n) is 5.90. The molecule has 25 heavy (non-hydrogen) atoms. The van der Waals surface area contributed by atoms with E-state index < -0.39 is 23.8 Å². The average Bonchev–Trinajstić information content (AvgIpc) is 2.54. The van der Waals surface area contributed by atoms with Crippen LogP contribution in [0.2, 0.25) is 0 Å².